The first-order valence-corrected chi connectivity index (χ1v) is 9.70. The first-order chi connectivity index (χ1) is 13.5. The molecule has 0 saturated carbocycles. The SMILES string of the molecule is CCS(=O)(=O)c1cccnc1-c1ncc2c(OCC(F)(F)C(F)(F)F)nccn12. The molecular weight excluding hydrogens is 423 g/mol. The number of imidazole rings is 1. The van der Waals surface area contributed by atoms with Gasteiger partial charge in [0.15, 0.2) is 22.3 Å². The number of hydrogen-bond acceptors (Lipinski definition) is 6. The number of ether oxygens (including phenoxy) is 1. The highest BCUT2D eigenvalue weighted by Crippen LogP contribution is 2.36. The van der Waals surface area contributed by atoms with Gasteiger partial charge in [0.05, 0.1) is 16.8 Å². The van der Waals surface area contributed by atoms with E-state index in [0.29, 0.717) is 0 Å². The molecule has 3 rings (SSSR count). The number of halogens is 5. The summed E-state index contributed by atoms with van der Waals surface area (Å²) >= 11 is 0. The number of pyridine rings is 1. The molecule has 0 spiro atoms. The van der Waals surface area contributed by atoms with E-state index in [0.717, 1.165) is 12.4 Å². The Kier molecular flexibility index (Phi) is 5.19. The Morgan fingerprint density at radius 2 is 1.83 bits per heavy atom. The minimum Gasteiger partial charge on any atom is -0.469 e. The summed E-state index contributed by atoms with van der Waals surface area (Å²) in [5.74, 6) is -5.76. The predicted octanol–water partition coefficient (Wildman–Crippen LogP) is 3.16. The van der Waals surface area contributed by atoms with Gasteiger partial charge in [0.25, 0.3) is 0 Å². The smallest absolute Gasteiger partial charge is 0.456 e. The molecule has 13 heteroatoms. The van der Waals surface area contributed by atoms with E-state index in [9.17, 15) is 30.4 Å². The van der Waals surface area contributed by atoms with Crippen molar-refractivity contribution in [3.63, 3.8) is 0 Å². The Morgan fingerprint density at radius 3 is 2.48 bits per heavy atom. The molecule has 7 nitrogen and oxygen atoms in total. The van der Waals surface area contributed by atoms with Crippen LogP contribution in [0.15, 0.2) is 41.8 Å². The molecule has 3 aromatic heterocycles. The Balaban J connectivity index is 2.05. The van der Waals surface area contributed by atoms with E-state index in [2.05, 4.69) is 19.7 Å². The van der Waals surface area contributed by atoms with E-state index >= 15 is 0 Å². The predicted molar refractivity (Wildman–Crippen MR) is 90.4 cm³/mol. The summed E-state index contributed by atoms with van der Waals surface area (Å²) in [5.41, 5.74) is -0.0434. The van der Waals surface area contributed by atoms with Gasteiger partial charge in [-0.05, 0) is 12.1 Å². The minimum atomic E-state index is -5.78. The number of sulfone groups is 1. The van der Waals surface area contributed by atoms with Crippen LogP contribution in [0.2, 0.25) is 0 Å². The topological polar surface area (TPSA) is 86.5 Å². The zero-order chi connectivity index (χ0) is 21.4. The molecule has 0 aliphatic carbocycles. The fraction of sp³-hybridized carbons (Fsp3) is 0.312. The van der Waals surface area contributed by atoms with E-state index in [4.69, 9.17) is 0 Å². The third kappa shape index (κ3) is 3.86. The molecule has 156 valence electrons. The van der Waals surface area contributed by atoms with Crippen LogP contribution < -0.4 is 4.74 Å². The summed E-state index contributed by atoms with van der Waals surface area (Å²) < 4.78 is 93.7. The summed E-state index contributed by atoms with van der Waals surface area (Å²) in [7, 11) is -3.67. The van der Waals surface area contributed by atoms with Crippen molar-refractivity contribution < 1.29 is 35.1 Å². The third-order valence-electron chi connectivity index (χ3n) is 3.93. The monoisotopic (exact) mass is 436 g/mol. The van der Waals surface area contributed by atoms with Crippen LogP contribution in [0.3, 0.4) is 0 Å². The number of fused-ring (bicyclic) bond motifs is 1. The van der Waals surface area contributed by atoms with Crippen LogP contribution in [-0.4, -0.2) is 52.2 Å². The summed E-state index contributed by atoms with van der Waals surface area (Å²) in [6.07, 6.45) is -0.908. The summed E-state index contributed by atoms with van der Waals surface area (Å²) in [4.78, 5) is 11.6. The molecule has 0 unspecified atom stereocenters. The van der Waals surface area contributed by atoms with Gasteiger partial charge in [0.1, 0.15) is 11.2 Å². The molecule has 3 aromatic rings. The normalized spacial score (nSPS) is 13.0. The molecule has 0 saturated heterocycles. The number of rotatable bonds is 6. The maximum atomic E-state index is 13.1. The van der Waals surface area contributed by atoms with Crippen molar-refractivity contribution in [2.45, 2.75) is 23.9 Å². The molecule has 0 aliphatic rings. The lowest BCUT2D eigenvalue weighted by Crippen LogP contribution is -2.41. The first kappa shape index (κ1) is 20.9. The number of aromatic nitrogens is 4. The second kappa shape index (κ2) is 7.21. The van der Waals surface area contributed by atoms with Gasteiger partial charge < -0.3 is 4.74 Å². The molecule has 0 radical (unpaired) electrons. The molecule has 0 fully saturated rings. The van der Waals surface area contributed by atoms with Gasteiger partial charge in [-0.1, -0.05) is 6.92 Å². The third-order valence-corrected chi connectivity index (χ3v) is 5.69. The molecule has 0 aliphatic heterocycles. The van der Waals surface area contributed by atoms with Crippen LogP contribution in [0, 0.1) is 0 Å². The van der Waals surface area contributed by atoms with Gasteiger partial charge in [-0.3, -0.25) is 9.38 Å². The minimum absolute atomic E-state index is 0.00730. The van der Waals surface area contributed by atoms with Crippen molar-refractivity contribution in [2.24, 2.45) is 0 Å². The van der Waals surface area contributed by atoms with E-state index in [1.54, 1.807) is 0 Å². The van der Waals surface area contributed by atoms with Crippen molar-refractivity contribution in [1.29, 1.82) is 0 Å². The van der Waals surface area contributed by atoms with E-state index in [1.807, 2.05) is 0 Å². The number of alkyl halides is 5. The fourth-order valence-electron chi connectivity index (χ4n) is 2.40. The van der Waals surface area contributed by atoms with Crippen molar-refractivity contribution in [3.8, 4) is 17.4 Å². The standard InChI is InChI=1S/C16H13F5N4O3S/c1-2-29(26,27)11-4-3-5-22-12(11)13-24-8-10-14(23-6-7-25(10)13)28-9-15(17,18)16(19,20)21/h3-8H,2,9H2,1H3. The van der Waals surface area contributed by atoms with Gasteiger partial charge in [-0.2, -0.15) is 22.0 Å². The largest absolute Gasteiger partial charge is 0.469 e. The van der Waals surface area contributed by atoms with Crippen LogP contribution in [0.5, 0.6) is 5.88 Å². The zero-order valence-electron chi connectivity index (χ0n) is 14.7. The van der Waals surface area contributed by atoms with Crippen molar-refractivity contribution in [2.75, 3.05) is 12.4 Å². The van der Waals surface area contributed by atoms with Gasteiger partial charge >= 0.3 is 12.1 Å². The highest BCUT2D eigenvalue weighted by molar-refractivity contribution is 7.91. The van der Waals surface area contributed by atoms with Crippen LogP contribution >= 0.6 is 0 Å². The fourth-order valence-corrected chi connectivity index (χ4v) is 3.43. The maximum absolute atomic E-state index is 13.1. The lowest BCUT2D eigenvalue weighted by atomic mass is 10.3. The number of hydrogen-bond donors (Lipinski definition) is 0. The van der Waals surface area contributed by atoms with Crippen molar-refractivity contribution >= 4 is 15.4 Å². The van der Waals surface area contributed by atoms with Crippen LogP contribution in [0.1, 0.15) is 6.92 Å². The molecule has 29 heavy (non-hydrogen) atoms. The Hall–Kier alpha value is -2.83. The summed E-state index contributed by atoms with van der Waals surface area (Å²) in [6, 6.07) is 2.77. The molecule has 0 amide bonds. The quantitative estimate of drug-likeness (QED) is 0.552. The second-order valence-electron chi connectivity index (χ2n) is 5.81. The molecule has 3 heterocycles. The van der Waals surface area contributed by atoms with Crippen LogP contribution in [0.4, 0.5) is 22.0 Å². The molecule has 0 bridgehead atoms. The highest BCUT2D eigenvalue weighted by atomic mass is 32.2. The first-order valence-electron chi connectivity index (χ1n) is 8.05. The van der Waals surface area contributed by atoms with E-state index in [-0.39, 0.29) is 27.7 Å². The zero-order valence-corrected chi connectivity index (χ0v) is 15.5. The highest BCUT2D eigenvalue weighted by Gasteiger charge is 2.58. The van der Waals surface area contributed by atoms with Crippen LogP contribution in [0.25, 0.3) is 17.0 Å². The average Bonchev–Trinajstić information content (AvgIpc) is 3.10. The van der Waals surface area contributed by atoms with Gasteiger partial charge in [-0.15, -0.1) is 0 Å². The Morgan fingerprint density at radius 1 is 1.10 bits per heavy atom. The molecular formula is C16H13F5N4O3S. The lowest BCUT2D eigenvalue weighted by Gasteiger charge is -2.19. The summed E-state index contributed by atoms with van der Waals surface area (Å²) in [5, 5.41) is 0. The lowest BCUT2D eigenvalue weighted by molar-refractivity contribution is -0.290. The van der Waals surface area contributed by atoms with Gasteiger partial charge in [0.2, 0.25) is 5.88 Å². The van der Waals surface area contributed by atoms with Gasteiger partial charge in [-0.25, -0.2) is 18.4 Å². The van der Waals surface area contributed by atoms with Gasteiger partial charge in [0, 0.05) is 18.6 Å². The second-order valence-corrected chi connectivity index (χ2v) is 8.06. The molecule has 0 aromatic carbocycles. The Labute approximate surface area is 161 Å². The van der Waals surface area contributed by atoms with E-state index in [1.165, 1.54) is 35.9 Å². The van der Waals surface area contributed by atoms with Crippen molar-refractivity contribution in [1.82, 2.24) is 19.4 Å². The maximum Gasteiger partial charge on any atom is 0.456 e. The Bertz CT molecular complexity index is 1140. The number of nitrogens with zero attached hydrogens (tertiary/aromatic N) is 4. The van der Waals surface area contributed by atoms with Crippen molar-refractivity contribution in [3.05, 3.63) is 36.9 Å². The average molecular weight is 436 g/mol. The summed E-state index contributed by atoms with van der Waals surface area (Å²) in [6.45, 7) is -0.519. The van der Waals surface area contributed by atoms with E-state index < -0.39 is 34.4 Å². The molecule has 0 atom stereocenters. The van der Waals surface area contributed by atoms with Crippen LogP contribution in [-0.2, 0) is 9.84 Å². The molecule has 0 N–H and O–H groups in total.